The number of hydrogen-bond donors (Lipinski definition) is 0. The maximum atomic E-state index is 12.6. The minimum Gasteiger partial charge on any atom is -0.495 e. The molecule has 6 nitrogen and oxygen atoms in total. The zero-order valence-electron chi connectivity index (χ0n) is 14.7. The van der Waals surface area contributed by atoms with E-state index in [1.807, 2.05) is 60.4 Å². The molecular formula is C18H20N4O2S. The average molecular weight is 356 g/mol. The second-order valence-corrected chi connectivity index (χ2v) is 6.65. The highest BCUT2D eigenvalue weighted by Gasteiger charge is 2.17. The van der Waals surface area contributed by atoms with Crippen molar-refractivity contribution >= 4 is 17.5 Å². The van der Waals surface area contributed by atoms with Crippen molar-refractivity contribution in [2.24, 2.45) is 7.05 Å². The molecule has 1 aromatic carbocycles. The molecule has 25 heavy (non-hydrogen) atoms. The summed E-state index contributed by atoms with van der Waals surface area (Å²) in [5, 5.41) is 8.78. The van der Waals surface area contributed by atoms with Crippen LogP contribution >= 0.6 is 11.8 Å². The smallest absolute Gasteiger partial charge is 0.196 e. The molecule has 0 bridgehead atoms. The van der Waals surface area contributed by atoms with E-state index in [4.69, 9.17) is 4.74 Å². The van der Waals surface area contributed by atoms with Gasteiger partial charge in [-0.15, -0.1) is 10.2 Å². The molecular weight excluding hydrogens is 336 g/mol. The summed E-state index contributed by atoms with van der Waals surface area (Å²) in [5.74, 6) is 1.11. The predicted octanol–water partition coefficient (Wildman–Crippen LogP) is 3.21. The molecule has 0 aliphatic rings. The fourth-order valence-corrected chi connectivity index (χ4v) is 3.47. The summed E-state index contributed by atoms with van der Waals surface area (Å²) in [5.41, 5.74) is 3.66. The number of nitrogens with zero attached hydrogens (tertiary/aromatic N) is 4. The van der Waals surface area contributed by atoms with Crippen molar-refractivity contribution in [2.45, 2.75) is 19.0 Å². The standard InChI is InChI=1S/C18H20N4O2S/c1-12-9-14(13(2)21(12)3)16(23)10-25-18-20-19-11-22(18)15-7-5-6-8-17(15)24-4/h5-9,11H,10H2,1-4H3. The number of aryl methyl sites for hydroxylation is 1. The highest BCUT2D eigenvalue weighted by atomic mass is 32.2. The third kappa shape index (κ3) is 3.32. The summed E-state index contributed by atoms with van der Waals surface area (Å²) in [6.45, 7) is 3.96. The molecule has 0 atom stereocenters. The molecule has 3 aromatic rings. The highest BCUT2D eigenvalue weighted by Crippen LogP contribution is 2.27. The molecule has 0 saturated carbocycles. The van der Waals surface area contributed by atoms with Gasteiger partial charge in [0.1, 0.15) is 12.1 Å². The average Bonchev–Trinajstić information content (AvgIpc) is 3.20. The van der Waals surface area contributed by atoms with Gasteiger partial charge in [0, 0.05) is 24.0 Å². The number of carbonyl (C=O) groups is 1. The molecule has 2 aromatic heterocycles. The summed E-state index contributed by atoms with van der Waals surface area (Å²) in [6.07, 6.45) is 1.63. The topological polar surface area (TPSA) is 61.9 Å². The summed E-state index contributed by atoms with van der Waals surface area (Å²) < 4.78 is 9.25. The number of para-hydroxylation sites is 2. The molecule has 0 radical (unpaired) electrons. The van der Waals surface area contributed by atoms with Gasteiger partial charge < -0.3 is 9.30 Å². The van der Waals surface area contributed by atoms with Gasteiger partial charge in [-0.1, -0.05) is 23.9 Å². The number of Topliss-reactive ketones (excluding diaryl/α,β-unsaturated/α-hetero) is 1. The second kappa shape index (κ2) is 7.14. The van der Waals surface area contributed by atoms with Crippen molar-refractivity contribution in [3.8, 4) is 11.4 Å². The van der Waals surface area contributed by atoms with E-state index in [-0.39, 0.29) is 5.78 Å². The van der Waals surface area contributed by atoms with E-state index in [2.05, 4.69) is 10.2 Å². The quantitative estimate of drug-likeness (QED) is 0.501. The Kier molecular flexibility index (Phi) is 4.94. The van der Waals surface area contributed by atoms with E-state index < -0.39 is 0 Å². The van der Waals surface area contributed by atoms with Crippen molar-refractivity contribution < 1.29 is 9.53 Å². The van der Waals surface area contributed by atoms with Gasteiger partial charge >= 0.3 is 0 Å². The lowest BCUT2D eigenvalue weighted by atomic mass is 10.2. The first-order chi connectivity index (χ1) is 12.0. The lowest BCUT2D eigenvalue weighted by Crippen LogP contribution is -2.06. The first kappa shape index (κ1) is 17.3. The molecule has 0 aliphatic heterocycles. The van der Waals surface area contributed by atoms with Gasteiger partial charge in [-0.2, -0.15) is 0 Å². The van der Waals surface area contributed by atoms with Gasteiger partial charge in [-0.05, 0) is 32.0 Å². The maximum absolute atomic E-state index is 12.6. The van der Waals surface area contributed by atoms with Crippen LogP contribution in [-0.4, -0.2) is 38.0 Å². The van der Waals surface area contributed by atoms with Crippen molar-refractivity contribution in [1.29, 1.82) is 0 Å². The fraction of sp³-hybridized carbons (Fsp3) is 0.278. The molecule has 0 fully saturated rings. The van der Waals surface area contributed by atoms with E-state index in [1.54, 1.807) is 13.4 Å². The number of benzene rings is 1. The largest absolute Gasteiger partial charge is 0.495 e. The molecule has 0 saturated heterocycles. The monoisotopic (exact) mass is 356 g/mol. The summed E-state index contributed by atoms with van der Waals surface area (Å²) >= 11 is 1.37. The molecule has 0 spiro atoms. The summed E-state index contributed by atoms with van der Waals surface area (Å²) in [6, 6.07) is 9.57. The molecule has 3 rings (SSSR count). The van der Waals surface area contributed by atoms with Gasteiger partial charge in [-0.3, -0.25) is 9.36 Å². The minimum atomic E-state index is 0.0841. The van der Waals surface area contributed by atoms with Gasteiger partial charge in [0.05, 0.1) is 18.6 Å². The molecule has 0 amide bonds. The molecule has 7 heteroatoms. The first-order valence-corrected chi connectivity index (χ1v) is 8.83. The Morgan fingerprint density at radius 2 is 2.04 bits per heavy atom. The number of hydrogen-bond acceptors (Lipinski definition) is 5. The van der Waals surface area contributed by atoms with Crippen LogP contribution in [0.15, 0.2) is 41.8 Å². The summed E-state index contributed by atoms with van der Waals surface area (Å²) in [4.78, 5) is 12.6. The normalized spacial score (nSPS) is 10.9. The first-order valence-electron chi connectivity index (χ1n) is 7.85. The van der Waals surface area contributed by atoms with Gasteiger partial charge in [-0.25, -0.2) is 0 Å². The second-order valence-electron chi connectivity index (χ2n) is 5.71. The van der Waals surface area contributed by atoms with E-state index in [1.165, 1.54) is 11.8 Å². The Balaban J connectivity index is 1.80. The number of carbonyl (C=O) groups excluding carboxylic acids is 1. The zero-order valence-corrected chi connectivity index (χ0v) is 15.5. The minimum absolute atomic E-state index is 0.0841. The molecule has 0 unspecified atom stereocenters. The zero-order chi connectivity index (χ0) is 18.0. The molecule has 2 heterocycles. The van der Waals surface area contributed by atoms with Crippen LogP contribution in [-0.2, 0) is 7.05 Å². The Bertz CT molecular complexity index is 914. The van der Waals surface area contributed by atoms with E-state index in [9.17, 15) is 4.79 Å². The Labute approximate surface area is 150 Å². The molecule has 130 valence electrons. The van der Waals surface area contributed by atoms with Gasteiger partial charge in [0.15, 0.2) is 10.9 Å². The number of ether oxygens (including phenoxy) is 1. The Hall–Kier alpha value is -2.54. The van der Waals surface area contributed by atoms with Crippen LogP contribution < -0.4 is 4.74 Å². The number of aromatic nitrogens is 4. The number of methoxy groups -OCH3 is 1. The van der Waals surface area contributed by atoms with Crippen LogP contribution in [0.5, 0.6) is 5.75 Å². The van der Waals surface area contributed by atoms with Gasteiger partial charge in [0.25, 0.3) is 0 Å². The Morgan fingerprint density at radius 3 is 2.72 bits per heavy atom. The van der Waals surface area contributed by atoms with Crippen LogP contribution in [0.4, 0.5) is 0 Å². The SMILES string of the molecule is COc1ccccc1-n1cnnc1SCC(=O)c1cc(C)n(C)c1C. The van der Waals surface area contributed by atoms with Crippen LogP contribution in [0.1, 0.15) is 21.7 Å². The van der Waals surface area contributed by atoms with Crippen LogP contribution in [0.3, 0.4) is 0 Å². The van der Waals surface area contributed by atoms with Gasteiger partial charge in [0.2, 0.25) is 0 Å². The molecule has 0 aliphatic carbocycles. The lowest BCUT2D eigenvalue weighted by molar-refractivity contribution is 0.102. The van der Waals surface area contributed by atoms with Crippen LogP contribution in [0.2, 0.25) is 0 Å². The Morgan fingerprint density at radius 1 is 1.28 bits per heavy atom. The van der Waals surface area contributed by atoms with E-state index in [0.29, 0.717) is 10.9 Å². The van der Waals surface area contributed by atoms with Crippen molar-refractivity contribution in [2.75, 3.05) is 12.9 Å². The predicted molar refractivity (Wildman–Crippen MR) is 97.9 cm³/mol. The maximum Gasteiger partial charge on any atom is 0.196 e. The van der Waals surface area contributed by atoms with Crippen molar-refractivity contribution in [3.05, 3.63) is 53.6 Å². The third-order valence-electron chi connectivity index (χ3n) is 4.27. The fourth-order valence-electron chi connectivity index (χ4n) is 2.66. The van der Waals surface area contributed by atoms with Crippen LogP contribution in [0.25, 0.3) is 5.69 Å². The number of thioether (sulfide) groups is 1. The highest BCUT2D eigenvalue weighted by molar-refractivity contribution is 7.99. The number of rotatable bonds is 6. The van der Waals surface area contributed by atoms with Crippen LogP contribution in [0, 0.1) is 13.8 Å². The summed E-state index contributed by atoms with van der Waals surface area (Å²) in [7, 11) is 3.59. The third-order valence-corrected chi connectivity index (χ3v) is 5.21. The van der Waals surface area contributed by atoms with E-state index in [0.717, 1.165) is 28.4 Å². The lowest BCUT2D eigenvalue weighted by Gasteiger charge is -2.10. The molecule has 0 N–H and O–H groups in total. The van der Waals surface area contributed by atoms with Crippen molar-refractivity contribution in [1.82, 2.24) is 19.3 Å². The van der Waals surface area contributed by atoms with E-state index >= 15 is 0 Å². The number of ketones is 1. The van der Waals surface area contributed by atoms with Crippen molar-refractivity contribution in [3.63, 3.8) is 0 Å².